The first-order chi connectivity index (χ1) is 6.72. The summed E-state index contributed by atoms with van der Waals surface area (Å²) in [4.78, 5) is 5.56. The molecule has 0 bridgehead atoms. The monoisotopic (exact) mass is 230 g/mol. The van der Waals surface area contributed by atoms with Gasteiger partial charge in [0, 0.05) is 17.6 Å². The van der Waals surface area contributed by atoms with Crippen molar-refractivity contribution in [2.75, 3.05) is 18.6 Å². The van der Waals surface area contributed by atoms with Crippen LogP contribution in [0.3, 0.4) is 0 Å². The van der Waals surface area contributed by atoms with Crippen LogP contribution in [0.25, 0.3) is 0 Å². The molecule has 4 heteroatoms. The Kier molecular flexibility index (Phi) is 5.52. The van der Waals surface area contributed by atoms with Crippen molar-refractivity contribution in [2.24, 2.45) is 5.92 Å². The van der Waals surface area contributed by atoms with Gasteiger partial charge in [-0.1, -0.05) is 6.92 Å². The molecule has 0 radical (unpaired) electrons. The second-order valence-corrected chi connectivity index (χ2v) is 5.77. The summed E-state index contributed by atoms with van der Waals surface area (Å²) in [6.07, 6.45) is 4.12. The van der Waals surface area contributed by atoms with Crippen molar-refractivity contribution in [1.29, 1.82) is 0 Å². The number of aromatic nitrogens is 1. The first kappa shape index (κ1) is 12.0. The number of nitrogens with zero attached hydrogens (tertiary/aromatic N) is 1. The smallest absolute Gasteiger partial charge is 0.0897 e. The van der Waals surface area contributed by atoms with Crippen LogP contribution < -0.4 is 5.32 Å². The summed E-state index contributed by atoms with van der Waals surface area (Å²) >= 11 is 3.68. The molecule has 2 nitrogen and oxygen atoms in total. The van der Waals surface area contributed by atoms with Crippen molar-refractivity contribution < 1.29 is 0 Å². The second kappa shape index (κ2) is 6.43. The molecule has 0 aliphatic heterocycles. The third-order valence-electron chi connectivity index (χ3n) is 1.91. The molecule has 0 amide bonds. The van der Waals surface area contributed by atoms with Crippen molar-refractivity contribution in [3.63, 3.8) is 0 Å². The molecule has 0 saturated carbocycles. The Balaban J connectivity index is 2.15. The van der Waals surface area contributed by atoms with Crippen molar-refractivity contribution in [1.82, 2.24) is 10.3 Å². The van der Waals surface area contributed by atoms with Gasteiger partial charge in [-0.25, -0.2) is 4.98 Å². The van der Waals surface area contributed by atoms with Crippen LogP contribution in [-0.2, 0) is 6.54 Å². The number of hydrogen-bond acceptors (Lipinski definition) is 4. The summed E-state index contributed by atoms with van der Waals surface area (Å²) < 4.78 is 0. The van der Waals surface area contributed by atoms with Gasteiger partial charge in [-0.3, -0.25) is 0 Å². The number of thioether (sulfide) groups is 1. The lowest BCUT2D eigenvalue weighted by Crippen LogP contribution is -2.21. The van der Waals surface area contributed by atoms with E-state index < -0.39 is 0 Å². The Bertz CT molecular complexity index is 260. The Hall–Kier alpha value is -0.0600. The van der Waals surface area contributed by atoms with E-state index in [1.807, 2.05) is 24.9 Å². The molecule has 1 atom stereocenters. The molecule has 0 aromatic carbocycles. The fourth-order valence-electron chi connectivity index (χ4n) is 1.27. The quantitative estimate of drug-likeness (QED) is 0.813. The lowest BCUT2D eigenvalue weighted by atomic mass is 10.2. The predicted molar refractivity (Wildman–Crippen MR) is 66.1 cm³/mol. The van der Waals surface area contributed by atoms with Crippen LogP contribution in [-0.4, -0.2) is 23.5 Å². The van der Waals surface area contributed by atoms with Crippen LogP contribution in [0.4, 0.5) is 0 Å². The lowest BCUT2D eigenvalue weighted by Gasteiger charge is -2.09. The minimum Gasteiger partial charge on any atom is -0.312 e. The molecule has 0 aliphatic rings. The summed E-state index contributed by atoms with van der Waals surface area (Å²) in [7, 11) is 0. The highest BCUT2D eigenvalue weighted by molar-refractivity contribution is 7.98. The minimum absolute atomic E-state index is 0.749. The molecule has 0 saturated heterocycles. The molecule has 14 heavy (non-hydrogen) atoms. The maximum atomic E-state index is 4.23. The largest absolute Gasteiger partial charge is 0.312 e. The van der Waals surface area contributed by atoms with Crippen LogP contribution in [0.2, 0.25) is 0 Å². The molecular formula is C10H18N2S2. The molecule has 0 aliphatic carbocycles. The summed E-state index contributed by atoms with van der Waals surface area (Å²) in [5, 5.41) is 4.61. The van der Waals surface area contributed by atoms with Crippen LogP contribution in [0.1, 0.15) is 16.8 Å². The van der Waals surface area contributed by atoms with E-state index in [1.165, 1.54) is 10.6 Å². The summed E-state index contributed by atoms with van der Waals surface area (Å²) in [5.74, 6) is 1.98. The third kappa shape index (κ3) is 4.44. The topological polar surface area (TPSA) is 24.9 Å². The first-order valence-corrected chi connectivity index (χ1v) is 7.04. The summed E-state index contributed by atoms with van der Waals surface area (Å²) in [6.45, 7) is 6.38. The molecule has 0 spiro atoms. The summed E-state index contributed by atoms with van der Waals surface area (Å²) in [5.41, 5.74) is 0. The fraction of sp³-hybridized carbons (Fsp3) is 0.700. The highest BCUT2D eigenvalue weighted by Crippen LogP contribution is 2.11. The maximum absolute atomic E-state index is 4.23. The summed E-state index contributed by atoms with van der Waals surface area (Å²) in [6, 6.07) is 0. The molecule has 0 fully saturated rings. The second-order valence-electron chi connectivity index (χ2n) is 3.54. The molecule has 1 aromatic heterocycles. The van der Waals surface area contributed by atoms with Crippen molar-refractivity contribution in [3.8, 4) is 0 Å². The van der Waals surface area contributed by atoms with E-state index >= 15 is 0 Å². The molecule has 1 heterocycles. The maximum Gasteiger partial charge on any atom is 0.0897 e. The Morgan fingerprint density at radius 2 is 2.43 bits per heavy atom. The van der Waals surface area contributed by atoms with Crippen LogP contribution in [0.15, 0.2) is 6.20 Å². The zero-order chi connectivity index (χ0) is 10.4. The third-order valence-corrected chi connectivity index (χ3v) is 3.73. The van der Waals surface area contributed by atoms with Crippen molar-refractivity contribution in [2.45, 2.75) is 20.4 Å². The molecule has 80 valence electrons. The minimum atomic E-state index is 0.749. The van der Waals surface area contributed by atoms with Gasteiger partial charge in [0.2, 0.25) is 0 Å². The van der Waals surface area contributed by atoms with Gasteiger partial charge in [0.15, 0.2) is 0 Å². The average Bonchev–Trinajstić information content (AvgIpc) is 2.52. The van der Waals surface area contributed by atoms with Gasteiger partial charge in [0.1, 0.15) is 0 Å². The van der Waals surface area contributed by atoms with E-state index in [-0.39, 0.29) is 0 Å². The zero-order valence-corrected chi connectivity index (χ0v) is 10.7. The number of hydrogen-bond donors (Lipinski definition) is 1. The predicted octanol–water partition coefficient (Wildman–Crippen LogP) is 2.54. The van der Waals surface area contributed by atoms with Crippen LogP contribution in [0, 0.1) is 12.8 Å². The molecule has 1 unspecified atom stereocenters. The van der Waals surface area contributed by atoms with Crippen molar-refractivity contribution in [3.05, 3.63) is 16.1 Å². The Morgan fingerprint density at radius 3 is 3.00 bits per heavy atom. The van der Waals surface area contributed by atoms with E-state index in [4.69, 9.17) is 0 Å². The average molecular weight is 230 g/mol. The van der Waals surface area contributed by atoms with Gasteiger partial charge < -0.3 is 5.32 Å². The Labute approximate surface area is 94.5 Å². The van der Waals surface area contributed by atoms with Crippen LogP contribution in [0.5, 0.6) is 0 Å². The molecule has 1 rings (SSSR count). The fourth-order valence-corrected chi connectivity index (χ4v) is 2.72. The lowest BCUT2D eigenvalue weighted by molar-refractivity contribution is 0.562. The van der Waals surface area contributed by atoms with Gasteiger partial charge >= 0.3 is 0 Å². The SMILES string of the molecule is CSCC(C)CNCc1cnc(C)s1. The van der Waals surface area contributed by atoms with E-state index in [1.54, 1.807) is 11.3 Å². The first-order valence-electron chi connectivity index (χ1n) is 4.83. The highest BCUT2D eigenvalue weighted by atomic mass is 32.2. The van der Waals surface area contributed by atoms with Crippen molar-refractivity contribution >= 4 is 23.1 Å². The number of thiazole rings is 1. The van der Waals surface area contributed by atoms with Gasteiger partial charge in [-0.15, -0.1) is 11.3 Å². The number of nitrogens with one attached hydrogen (secondary N) is 1. The van der Waals surface area contributed by atoms with Gasteiger partial charge in [0.25, 0.3) is 0 Å². The molecule has 1 N–H and O–H groups in total. The van der Waals surface area contributed by atoms with Gasteiger partial charge in [-0.05, 0) is 31.4 Å². The van der Waals surface area contributed by atoms with E-state index in [0.717, 1.165) is 24.0 Å². The van der Waals surface area contributed by atoms with Gasteiger partial charge in [0.05, 0.1) is 5.01 Å². The van der Waals surface area contributed by atoms with E-state index in [0.29, 0.717) is 0 Å². The van der Waals surface area contributed by atoms with E-state index in [9.17, 15) is 0 Å². The zero-order valence-electron chi connectivity index (χ0n) is 9.04. The standard InChI is InChI=1S/C10H18N2S2/c1-8(7-13-3)4-11-5-10-6-12-9(2)14-10/h6,8,11H,4-5,7H2,1-3H3. The van der Waals surface area contributed by atoms with E-state index in [2.05, 4.69) is 23.5 Å². The molecule has 1 aromatic rings. The number of rotatable bonds is 6. The highest BCUT2D eigenvalue weighted by Gasteiger charge is 2.01. The van der Waals surface area contributed by atoms with Crippen LogP contribution >= 0.6 is 23.1 Å². The number of aryl methyl sites for hydroxylation is 1. The Morgan fingerprint density at radius 1 is 1.64 bits per heavy atom. The normalized spacial score (nSPS) is 13.1. The molecular weight excluding hydrogens is 212 g/mol. The van der Waals surface area contributed by atoms with Gasteiger partial charge in [-0.2, -0.15) is 11.8 Å².